The number of halogens is 2. The molecule has 0 saturated carbocycles. The lowest BCUT2D eigenvalue weighted by atomic mass is 10.4. The Hall–Kier alpha value is -3.60. The minimum absolute atomic E-state index is 0.761. The molecule has 0 N–H and O–H groups in total. The quantitative estimate of drug-likeness (QED) is 0.176. The van der Waals surface area contributed by atoms with Gasteiger partial charge in [-0.3, -0.25) is 0 Å². The molecule has 40 heavy (non-hydrogen) atoms. The van der Waals surface area contributed by atoms with E-state index in [-0.39, 0.29) is 0 Å². The van der Waals surface area contributed by atoms with E-state index in [4.69, 9.17) is 11.2 Å². The van der Waals surface area contributed by atoms with E-state index in [0.29, 0.717) is 0 Å². The van der Waals surface area contributed by atoms with Gasteiger partial charge in [-0.15, -0.1) is 0 Å². The van der Waals surface area contributed by atoms with Crippen LogP contribution in [0.4, 0.5) is 4.20 Å². The Morgan fingerprint density at radius 1 is 0.300 bits per heavy atom. The second-order valence-electron chi connectivity index (χ2n) is 9.19. The van der Waals surface area contributed by atoms with Crippen LogP contribution in [0.25, 0.3) is 0 Å². The fourth-order valence-electron chi connectivity index (χ4n) is 4.69. The molecule has 196 valence electrons. The van der Waals surface area contributed by atoms with Gasteiger partial charge in [-0.1, -0.05) is 109 Å². The molecule has 0 bridgehead atoms. The van der Waals surface area contributed by atoms with Crippen molar-refractivity contribution in [2.75, 3.05) is 0 Å². The summed E-state index contributed by atoms with van der Waals surface area (Å²) in [6.45, 7) is -2.05. The Kier molecular flexibility index (Phi) is 9.20. The normalized spacial score (nSPS) is 11.2. The highest BCUT2D eigenvalue weighted by Crippen LogP contribution is 2.60. The van der Waals surface area contributed by atoms with E-state index in [9.17, 15) is 0 Å². The standard InChI is InChI=1S/C18H15ClP.C18H15FP/c2*19-20(16-10-4-1-5-11-16,17-12-6-2-7-13-17)18-14-8-3-9-15-18/h2*1-15H/q2*+1. The van der Waals surface area contributed by atoms with Gasteiger partial charge >= 0.3 is 0 Å². The van der Waals surface area contributed by atoms with E-state index in [1.54, 1.807) is 0 Å². The van der Waals surface area contributed by atoms with Crippen molar-refractivity contribution in [3.8, 4) is 0 Å². The van der Waals surface area contributed by atoms with Crippen LogP contribution in [0.2, 0.25) is 0 Å². The van der Waals surface area contributed by atoms with Crippen LogP contribution in [0.3, 0.4) is 0 Å². The number of rotatable bonds is 6. The molecule has 0 aromatic heterocycles. The first-order chi connectivity index (χ1) is 19.6. The van der Waals surface area contributed by atoms with Crippen molar-refractivity contribution in [1.29, 1.82) is 0 Å². The van der Waals surface area contributed by atoms with Crippen LogP contribution in [0.15, 0.2) is 182 Å². The maximum Gasteiger partial charge on any atom is 0.298 e. The van der Waals surface area contributed by atoms with Crippen LogP contribution >= 0.6 is 25.4 Å². The van der Waals surface area contributed by atoms with E-state index in [1.807, 2.05) is 109 Å². The molecular weight excluding hydrogens is 549 g/mol. The van der Waals surface area contributed by atoms with Gasteiger partial charge in [-0.2, -0.15) is 0 Å². The molecule has 0 saturated heterocycles. The molecule has 6 aromatic rings. The number of benzene rings is 6. The summed E-state index contributed by atoms with van der Waals surface area (Å²) in [6.07, 6.45) is 0. The zero-order valence-corrected chi connectivity index (χ0v) is 24.5. The maximum atomic E-state index is 16.1. The van der Waals surface area contributed by atoms with Crippen molar-refractivity contribution < 1.29 is 4.20 Å². The molecule has 6 aromatic carbocycles. The first kappa shape index (κ1) is 27.9. The van der Waals surface area contributed by atoms with E-state index in [2.05, 4.69) is 72.8 Å². The molecule has 0 aliphatic carbocycles. The average molecular weight is 579 g/mol. The average Bonchev–Trinajstić information content (AvgIpc) is 3.07. The Morgan fingerprint density at radius 2 is 0.475 bits per heavy atom. The van der Waals surface area contributed by atoms with Crippen molar-refractivity contribution in [3.05, 3.63) is 182 Å². The molecule has 0 nitrogen and oxygen atoms in total. The summed E-state index contributed by atoms with van der Waals surface area (Å²) in [5.41, 5.74) is 0. The van der Waals surface area contributed by atoms with E-state index < -0.39 is 14.2 Å². The molecule has 6 rings (SSSR count). The summed E-state index contributed by atoms with van der Waals surface area (Å²) >= 11 is 7.23. The predicted octanol–water partition coefficient (Wildman–Crippen LogP) is 8.00. The lowest BCUT2D eigenvalue weighted by Crippen LogP contribution is -2.27. The fourth-order valence-corrected chi connectivity index (χ4v) is 11.0. The second kappa shape index (κ2) is 13.2. The molecule has 0 atom stereocenters. The van der Waals surface area contributed by atoms with Crippen molar-refractivity contribution in [1.82, 2.24) is 0 Å². The predicted molar refractivity (Wildman–Crippen MR) is 177 cm³/mol. The SMILES string of the molecule is Cl[P+](c1ccccc1)(c1ccccc1)c1ccccc1.F[P+](c1ccccc1)(c1ccccc1)c1ccccc1. The minimum Gasteiger partial charge on any atom is -0.0620 e. The summed E-state index contributed by atoms with van der Waals surface area (Å²) in [4.78, 5) is 0. The summed E-state index contributed by atoms with van der Waals surface area (Å²) in [5.74, 6) is 0. The van der Waals surface area contributed by atoms with Crippen LogP contribution < -0.4 is 31.8 Å². The van der Waals surface area contributed by atoms with Gasteiger partial charge in [-0.05, 0) is 77.0 Å². The summed E-state index contributed by atoms with van der Waals surface area (Å²) in [5, 5.41) is 5.87. The first-order valence-electron chi connectivity index (χ1n) is 13.1. The highest BCUT2D eigenvalue weighted by Gasteiger charge is 2.47. The van der Waals surface area contributed by atoms with Gasteiger partial charge in [0.2, 0.25) is 6.62 Å². The summed E-state index contributed by atoms with van der Waals surface area (Å²) < 4.78 is 16.1. The van der Waals surface area contributed by atoms with Crippen molar-refractivity contribution in [3.63, 3.8) is 0 Å². The van der Waals surface area contributed by atoms with Crippen LogP contribution in [0, 0.1) is 0 Å². The molecule has 4 heteroatoms. The lowest BCUT2D eigenvalue weighted by Gasteiger charge is -2.18. The molecule has 0 unspecified atom stereocenters. The summed E-state index contributed by atoms with van der Waals surface area (Å²) in [7, 11) is -3.03. The van der Waals surface area contributed by atoms with Crippen molar-refractivity contribution >= 4 is 57.3 Å². The van der Waals surface area contributed by atoms with Crippen molar-refractivity contribution in [2.24, 2.45) is 0 Å². The van der Waals surface area contributed by atoms with Crippen LogP contribution in [0.5, 0.6) is 0 Å². The van der Waals surface area contributed by atoms with Gasteiger partial charge in [-0.25, -0.2) is 0 Å². The highest BCUT2D eigenvalue weighted by atomic mass is 35.7. The third-order valence-corrected chi connectivity index (χ3v) is 14.5. The molecule has 0 amide bonds. The van der Waals surface area contributed by atoms with Gasteiger partial charge in [0, 0.05) is 0 Å². The third-order valence-electron chi connectivity index (χ3n) is 6.67. The topological polar surface area (TPSA) is 0 Å². The Morgan fingerprint density at radius 3 is 0.675 bits per heavy atom. The monoisotopic (exact) mass is 578 g/mol. The summed E-state index contributed by atoms with van der Waals surface area (Å²) in [6, 6.07) is 59.6. The van der Waals surface area contributed by atoms with Crippen molar-refractivity contribution in [2.45, 2.75) is 0 Å². The molecule has 0 aliphatic heterocycles. The van der Waals surface area contributed by atoms with Crippen LogP contribution in [0.1, 0.15) is 0 Å². The molecule has 0 heterocycles. The van der Waals surface area contributed by atoms with E-state index in [1.165, 1.54) is 15.9 Å². The van der Waals surface area contributed by atoms with Gasteiger partial charge in [0.05, 0.1) is 0 Å². The molecule has 0 radical (unpaired) electrons. The third kappa shape index (κ3) is 5.94. The number of hydrogen-bond acceptors (Lipinski definition) is 0. The first-order valence-corrected chi connectivity index (χ1v) is 17.5. The van der Waals surface area contributed by atoms with Crippen LogP contribution in [-0.4, -0.2) is 0 Å². The molecule has 0 fully saturated rings. The Labute approximate surface area is 242 Å². The van der Waals surface area contributed by atoms with Gasteiger partial charge in [0.15, 0.2) is 0 Å². The smallest absolute Gasteiger partial charge is 0.0620 e. The minimum atomic E-state index is -3.03. The molecule has 0 aliphatic rings. The van der Waals surface area contributed by atoms with Gasteiger partial charge < -0.3 is 0 Å². The van der Waals surface area contributed by atoms with Crippen LogP contribution in [-0.2, 0) is 0 Å². The molecular formula is C36H30ClFP2+2. The zero-order valence-electron chi connectivity index (χ0n) is 22.0. The highest BCUT2D eigenvalue weighted by molar-refractivity contribution is 8.14. The fraction of sp³-hybridized carbons (Fsp3) is 0. The Bertz CT molecular complexity index is 1260. The maximum absolute atomic E-state index is 16.1. The van der Waals surface area contributed by atoms with Gasteiger partial charge in [0.25, 0.3) is 7.57 Å². The number of hydrogen-bond donors (Lipinski definition) is 0. The molecule has 0 spiro atoms. The Balaban J connectivity index is 0.000000161. The second-order valence-corrected chi connectivity index (χ2v) is 16.2. The zero-order chi connectivity index (χ0) is 27.7. The van der Waals surface area contributed by atoms with E-state index in [0.717, 1.165) is 15.9 Å². The van der Waals surface area contributed by atoms with Gasteiger partial charge in [0.1, 0.15) is 43.1 Å². The lowest BCUT2D eigenvalue weighted by molar-refractivity contribution is 0.901. The largest absolute Gasteiger partial charge is 0.298 e. The van der Waals surface area contributed by atoms with E-state index >= 15 is 4.20 Å².